The predicted octanol–water partition coefficient (Wildman–Crippen LogP) is 0.645. The number of aliphatic imine (C=N–C) groups is 2. The first-order valence-electron chi connectivity index (χ1n) is 9.66. The third kappa shape index (κ3) is 6.15. The van der Waals surface area contributed by atoms with Crippen LogP contribution in [0.15, 0.2) is 22.3 Å². The molecule has 13 nitrogen and oxygen atoms in total. The van der Waals surface area contributed by atoms with E-state index in [1.54, 1.807) is 6.34 Å². The number of nitrogens with one attached hydrogen (secondary N) is 1. The van der Waals surface area contributed by atoms with Gasteiger partial charge in [0.25, 0.3) is 0 Å². The summed E-state index contributed by atoms with van der Waals surface area (Å²) in [6.45, 7) is 7.99. The highest BCUT2D eigenvalue weighted by molar-refractivity contribution is 7.61. The van der Waals surface area contributed by atoms with Crippen molar-refractivity contribution in [2.45, 2.75) is 63.6 Å². The van der Waals surface area contributed by atoms with E-state index in [1.165, 1.54) is 20.8 Å². The van der Waals surface area contributed by atoms with Crippen molar-refractivity contribution in [1.82, 2.24) is 10.2 Å². The van der Waals surface area contributed by atoms with E-state index in [0.717, 1.165) is 0 Å². The molecule has 2 heterocycles. The number of aliphatic hydroxyl groups excluding tert-OH is 1. The number of phosphoric ester groups is 2. The predicted molar refractivity (Wildman–Crippen MR) is 112 cm³/mol. The van der Waals surface area contributed by atoms with Crippen LogP contribution in [0.25, 0.3) is 0 Å². The van der Waals surface area contributed by atoms with E-state index in [4.69, 9.17) is 14.8 Å². The van der Waals surface area contributed by atoms with Crippen LogP contribution in [-0.4, -0.2) is 68.7 Å². The maximum absolute atomic E-state index is 12.1. The molecule has 1 fully saturated rings. The van der Waals surface area contributed by atoms with E-state index in [1.807, 2.05) is 4.90 Å². The highest BCUT2D eigenvalue weighted by Crippen LogP contribution is 2.62. The van der Waals surface area contributed by atoms with Gasteiger partial charge in [0, 0.05) is 17.7 Å². The lowest BCUT2D eigenvalue weighted by atomic mass is 10.1. The Labute approximate surface area is 180 Å². The number of rotatable bonds is 7. The number of nitrogens with two attached hydrogens (primary N) is 1. The van der Waals surface area contributed by atoms with Gasteiger partial charge in [0.15, 0.2) is 12.1 Å². The van der Waals surface area contributed by atoms with Crippen LogP contribution in [-0.2, 0) is 22.5 Å². The molecule has 7 atom stereocenters. The third-order valence-corrected chi connectivity index (χ3v) is 7.87. The Hall–Kier alpha value is -1.30. The van der Waals surface area contributed by atoms with Crippen molar-refractivity contribution < 1.29 is 37.4 Å². The molecule has 0 aromatic carbocycles. The zero-order chi connectivity index (χ0) is 23.2. The Kier molecular flexibility index (Phi) is 6.73. The lowest BCUT2D eigenvalue weighted by Crippen LogP contribution is -2.50. The lowest BCUT2D eigenvalue weighted by molar-refractivity contribution is 0.0639. The SMILES string of the molecule is C=C1NC(N)=NC2C1N=CN2C1CC(O)C(COP(=O)(O)OP(=O)(O)OC(C)(C)C)C1. The fourth-order valence-corrected chi connectivity index (χ4v) is 6.23. The van der Waals surface area contributed by atoms with Crippen molar-refractivity contribution in [2.24, 2.45) is 21.6 Å². The quantitative estimate of drug-likeness (QED) is 0.321. The number of guanidine groups is 1. The molecule has 31 heavy (non-hydrogen) atoms. The Balaban J connectivity index is 1.58. The zero-order valence-electron chi connectivity index (χ0n) is 17.5. The van der Waals surface area contributed by atoms with Crippen LogP contribution in [0.1, 0.15) is 33.6 Å². The highest BCUT2D eigenvalue weighted by atomic mass is 31.3. The molecule has 7 unspecified atom stereocenters. The van der Waals surface area contributed by atoms with Crippen LogP contribution in [0.2, 0.25) is 0 Å². The first-order valence-corrected chi connectivity index (χ1v) is 12.6. The van der Waals surface area contributed by atoms with E-state index >= 15 is 0 Å². The van der Waals surface area contributed by atoms with Gasteiger partial charge in [-0.25, -0.2) is 14.1 Å². The number of hydrogen-bond acceptors (Lipinski definition) is 11. The molecule has 0 radical (unpaired) electrons. The summed E-state index contributed by atoms with van der Waals surface area (Å²) in [6.07, 6.45) is 1.17. The van der Waals surface area contributed by atoms with Crippen molar-refractivity contribution in [3.05, 3.63) is 12.3 Å². The molecule has 0 aromatic heterocycles. The zero-order valence-corrected chi connectivity index (χ0v) is 19.3. The molecule has 0 amide bonds. The van der Waals surface area contributed by atoms with E-state index < -0.39 is 33.3 Å². The average Bonchev–Trinajstić information content (AvgIpc) is 3.13. The van der Waals surface area contributed by atoms with Gasteiger partial charge in [-0.1, -0.05) is 6.58 Å². The molecular formula is C16H29N5O8P2. The lowest BCUT2D eigenvalue weighted by Gasteiger charge is -2.33. The number of aliphatic hydroxyl groups is 1. The molecule has 3 rings (SSSR count). The largest absolute Gasteiger partial charge is 0.481 e. The Morgan fingerprint density at radius 1 is 1.32 bits per heavy atom. The number of nitrogens with zero attached hydrogens (tertiary/aromatic N) is 3. The Bertz CT molecular complexity index is 875. The fraction of sp³-hybridized carbons (Fsp3) is 0.750. The van der Waals surface area contributed by atoms with Crippen LogP contribution in [0, 0.1) is 5.92 Å². The Morgan fingerprint density at radius 2 is 2.00 bits per heavy atom. The molecule has 0 bridgehead atoms. The van der Waals surface area contributed by atoms with Gasteiger partial charge < -0.3 is 30.8 Å². The first kappa shape index (κ1) is 24.3. The van der Waals surface area contributed by atoms with Crippen LogP contribution in [0.4, 0.5) is 0 Å². The molecule has 2 aliphatic heterocycles. The Morgan fingerprint density at radius 3 is 2.65 bits per heavy atom. The monoisotopic (exact) mass is 481 g/mol. The minimum atomic E-state index is -4.91. The molecule has 1 aliphatic carbocycles. The second kappa shape index (κ2) is 8.57. The van der Waals surface area contributed by atoms with Gasteiger partial charge in [-0.15, -0.1) is 0 Å². The topological polar surface area (TPSA) is 189 Å². The van der Waals surface area contributed by atoms with Gasteiger partial charge in [-0.2, -0.15) is 4.31 Å². The van der Waals surface area contributed by atoms with Gasteiger partial charge in [-0.05, 0) is 33.6 Å². The van der Waals surface area contributed by atoms with Crippen LogP contribution in [0.3, 0.4) is 0 Å². The van der Waals surface area contributed by atoms with Crippen molar-refractivity contribution in [3.8, 4) is 0 Å². The van der Waals surface area contributed by atoms with Crippen molar-refractivity contribution in [1.29, 1.82) is 0 Å². The second-order valence-corrected chi connectivity index (χ2v) is 11.7. The van der Waals surface area contributed by atoms with Crippen LogP contribution >= 0.6 is 15.6 Å². The highest BCUT2D eigenvalue weighted by Gasteiger charge is 2.45. The third-order valence-electron chi connectivity index (χ3n) is 4.97. The number of fused-ring (bicyclic) bond motifs is 1. The maximum atomic E-state index is 12.1. The molecule has 176 valence electrons. The summed E-state index contributed by atoms with van der Waals surface area (Å²) in [5, 5.41) is 13.3. The average molecular weight is 481 g/mol. The van der Waals surface area contributed by atoms with Crippen molar-refractivity contribution >= 4 is 27.9 Å². The minimum absolute atomic E-state index is 0.169. The summed E-state index contributed by atoms with van der Waals surface area (Å²) in [7, 11) is -9.75. The van der Waals surface area contributed by atoms with E-state index in [-0.39, 0.29) is 30.8 Å². The summed E-state index contributed by atoms with van der Waals surface area (Å²) < 4.78 is 38.0. The fourth-order valence-electron chi connectivity index (χ4n) is 3.79. The summed E-state index contributed by atoms with van der Waals surface area (Å²) in [6, 6.07) is -0.468. The molecule has 3 aliphatic rings. The smallest absolute Gasteiger partial charge is 0.393 e. The number of hydrogen-bond donors (Lipinski definition) is 5. The van der Waals surface area contributed by atoms with E-state index in [2.05, 4.69) is 26.2 Å². The molecule has 15 heteroatoms. The van der Waals surface area contributed by atoms with Crippen molar-refractivity contribution in [2.75, 3.05) is 6.61 Å². The molecule has 6 N–H and O–H groups in total. The maximum Gasteiger partial charge on any atom is 0.481 e. The van der Waals surface area contributed by atoms with Crippen LogP contribution < -0.4 is 11.1 Å². The van der Waals surface area contributed by atoms with E-state index in [9.17, 15) is 24.0 Å². The van der Waals surface area contributed by atoms with Crippen LogP contribution in [0.5, 0.6) is 0 Å². The van der Waals surface area contributed by atoms with Crippen molar-refractivity contribution in [3.63, 3.8) is 0 Å². The minimum Gasteiger partial charge on any atom is -0.393 e. The second-order valence-electron chi connectivity index (χ2n) is 8.71. The summed E-state index contributed by atoms with van der Waals surface area (Å²) in [5.74, 6) is -0.293. The standard InChI is InChI=1S/C16H29N5O8P2/c1-9-13-14(20-15(17)19-9)21(8-18-13)11-5-10(12(22)6-11)7-27-30(23,24)29-31(25,26)28-16(2,3)4/h8,10-14,22H,1,5-7H2,2-4H3,(H,23,24)(H,25,26)(H3,17,19,20). The van der Waals surface area contributed by atoms with Gasteiger partial charge in [0.05, 0.1) is 24.7 Å². The summed E-state index contributed by atoms with van der Waals surface area (Å²) in [4.78, 5) is 30.1. The van der Waals surface area contributed by atoms with Gasteiger partial charge in [0.1, 0.15) is 6.04 Å². The molecule has 0 saturated heterocycles. The normalized spacial score (nSPS) is 34.6. The molecule has 1 saturated carbocycles. The summed E-state index contributed by atoms with van der Waals surface area (Å²) in [5.41, 5.74) is 5.32. The van der Waals surface area contributed by atoms with E-state index in [0.29, 0.717) is 18.5 Å². The van der Waals surface area contributed by atoms with Gasteiger partial charge >= 0.3 is 15.6 Å². The molecule has 0 aromatic rings. The molecule has 0 spiro atoms. The first-order chi connectivity index (χ1) is 14.2. The molecular weight excluding hydrogens is 452 g/mol. The van der Waals surface area contributed by atoms with Gasteiger partial charge in [-0.3, -0.25) is 14.0 Å². The number of phosphoric acid groups is 2. The summed E-state index contributed by atoms with van der Waals surface area (Å²) >= 11 is 0. The van der Waals surface area contributed by atoms with Gasteiger partial charge in [0.2, 0.25) is 0 Å².